The average Bonchev–Trinajstić information content (AvgIpc) is 1.82. The van der Waals surface area contributed by atoms with E-state index in [-0.39, 0.29) is 0 Å². The van der Waals surface area contributed by atoms with Gasteiger partial charge in [0, 0.05) is 6.61 Å². The molecule has 0 rings (SSSR count). The summed E-state index contributed by atoms with van der Waals surface area (Å²) in [5.41, 5.74) is 0.788. The molecule has 0 amide bonds. The molecule has 1 unspecified atom stereocenters. The van der Waals surface area contributed by atoms with E-state index in [9.17, 15) is 0 Å². The van der Waals surface area contributed by atoms with Crippen molar-refractivity contribution in [1.82, 2.24) is 0 Å². The molecule has 0 aliphatic carbocycles. The first-order valence-corrected chi connectivity index (χ1v) is 6.09. The van der Waals surface area contributed by atoms with Gasteiger partial charge in [0.15, 0.2) is 9.04 Å². The second-order valence-electron chi connectivity index (χ2n) is 2.82. The monoisotopic (exact) mass is 146 g/mol. The standard InChI is InChI=1S/C7H18OSi/c1-5-6-8-9(4)7(2)3/h7,9H,5-6H2,1-4H3. The van der Waals surface area contributed by atoms with Crippen LogP contribution in [0, 0.1) is 0 Å². The van der Waals surface area contributed by atoms with Crippen LogP contribution in [0.15, 0.2) is 0 Å². The normalized spacial score (nSPS) is 14.3. The van der Waals surface area contributed by atoms with Crippen LogP contribution in [0.4, 0.5) is 0 Å². The lowest BCUT2D eigenvalue weighted by Crippen LogP contribution is -2.17. The predicted octanol–water partition coefficient (Wildman–Crippen LogP) is 2.18. The van der Waals surface area contributed by atoms with E-state index < -0.39 is 9.04 Å². The van der Waals surface area contributed by atoms with Crippen LogP contribution < -0.4 is 0 Å². The van der Waals surface area contributed by atoms with Gasteiger partial charge in [-0.2, -0.15) is 0 Å². The molecule has 0 heterocycles. The zero-order chi connectivity index (χ0) is 7.28. The van der Waals surface area contributed by atoms with Gasteiger partial charge in [-0.25, -0.2) is 0 Å². The van der Waals surface area contributed by atoms with Crippen LogP contribution in [0.3, 0.4) is 0 Å². The summed E-state index contributed by atoms with van der Waals surface area (Å²) < 4.78 is 5.59. The Morgan fingerprint density at radius 3 is 2.33 bits per heavy atom. The van der Waals surface area contributed by atoms with Crippen molar-refractivity contribution in [3.05, 3.63) is 0 Å². The van der Waals surface area contributed by atoms with E-state index in [4.69, 9.17) is 4.43 Å². The molecule has 2 heteroatoms. The molecule has 0 aromatic carbocycles. The molecule has 0 fully saturated rings. The van der Waals surface area contributed by atoms with Crippen molar-refractivity contribution < 1.29 is 4.43 Å². The molecule has 1 nitrogen and oxygen atoms in total. The lowest BCUT2D eigenvalue weighted by Gasteiger charge is -2.13. The highest BCUT2D eigenvalue weighted by Crippen LogP contribution is 2.07. The summed E-state index contributed by atoms with van der Waals surface area (Å²) in [7, 11) is -0.793. The van der Waals surface area contributed by atoms with Crippen molar-refractivity contribution in [2.75, 3.05) is 6.61 Å². The van der Waals surface area contributed by atoms with Crippen molar-refractivity contribution in [1.29, 1.82) is 0 Å². The Morgan fingerprint density at radius 1 is 1.44 bits per heavy atom. The lowest BCUT2D eigenvalue weighted by molar-refractivity contribution is 0.317. The van der Waals surface area contributed by atoms with Gasteiger partial charge in [-0.3, -0.25) is 0 Å². The van der Waals surface area contributed by atoms with Gasteiger partial charge in [0.25, 0.3) is 0 Å². The quantitative estimate of drug-likeness (QED) is 0.552. The zero-order valence-electron chi connectivity index (χ0n) is 6.98. The average molecular weight is 146 g/mol. The lowest BCUT2D eigenvalue weighted by atomic mass is 10.5. The summed E-state index contributed by atoms with van der Waals surface area (Å²) in [6.45, 7) is 9.87. The molecule has 0 N–H and O–H groups in total. The van der Waals surface area contributed by atoms with Gasteiger partial charge in [0.2, 0.25) is 0 Å². The molecule has 0 aliphatic heterocycles. The van der Waals surface area contributed by atoms with Gasteiger partial charge < -0.3 is 4.43 Å². The molecule has 9 heavy (non-hydrogen) atoms. The fraction of sp³-hybridized carbons (Fsp3) is 1.00. The van der Waals surface area contributed by atoms with E-state index in [1.165, 1.54) is 0 Å². The van der Waals surface area contributed by atoms with Crippen LogP contribution in [0.1, 0.15) is 27.2 Å². The first-order valence-electron chi connectivity index (χ1n) is 3.80. The van der Waals surface area contributed by atoms with Crippen molar-refractivity contribution in [2.45, 2.75) is 39.3 Å². The summed E-state index contributed by atoms with van der Waals surface area (Å²) in [6.07, 6.45) is 1.16. The molecule has 1 atom stereocenters. The van der Waals surface area contributed by atoms with E-state index in [0.29, 0.717) is 0 Å². The molecule has 0 aromatic heterocycles. The van der Waals surface area contributed by atoms with Crippen LogP contribution in [-0.2, 0) is 4.43 Å². The minimum atomic E-state index is -0.793. The highest BCUT2D eigenvalue weighted by Gasteiger charge is 2.07. The maximum absolute atomic E-state index is 5.59. The third-order valence-corrected chi connectivity index (χ3v) is 4.16. The largest absolute Gasteiger partial charge is 0.420 e. The van der Waals surface area contributed by atoms with E-state index in [1.54, 1.807) is 0 Å². The van der Waals surface area contributed by atoms with E-state index in [2.05, 4.69) is 27.3 Å². The SMILES string of the molecule is CCCO[SiH](C)C(C)C. The second-order valence-corrected chi connectivity index (χ2v) is 5.90. The third-order valence-electron chi connectivity index (χ3n) is 1.52. The first-order chi connectivity index (χ1) is 4.18. The highest BCUT2D eigenvalue weighted by atomic mass is 28.3. The van der Waals surface area contributed by atoms with Gasteiger partial charge in [-0.1, -0.05) is 20.8 Å². The van der Waals surface area contributed by atoms with Crippen molar-refractivity contribution in [3.63, 3.8) is 0 Å². The van der Waals surface area contributed by atoms with Gasteiger partial charge >= 0.3 is 0 Å². The van der Waals surface area contributed by atoms with Crippen molar-refractivity contribution in [3.8, 4) is 0 Å². The van der Waals surface area contributed by atoms with E-state index in [0.717, 1.165) is 18.6 Å². The minimum absolute atomic E-state index is 0.788. The van der Waals surface area contributed by atoms with Crippen LogP contribution in [0.5, 0.6) is 0 Å². The molecule has 0 aromatic rings. The van der Waals surface area contributed by atoms with Crippen LogP contribution in [0.25, 0.3) is 0 Å². The van der Waals surface area contributed by atoms with Crippen molar-refractivity contribution >= 4 is 9.04 Å². The Morgan fingerprint density at radius 2 is 2.00 bits per heavy atom. The molecule has 0 aliphatic rings. The Balaban J connectivity index is 3.16. The summed E-state index contributed by atoms with van der Waals surface area (Å²) in [6, 6.07) is 0. The summed E-state index contributed by atoms with van der Waals surface area (Å²) in [5, 5.41) is 0. The topological polar surface area (TPSA) is 9.23 Å². The zero-order valence-corrected chi connectivity index (χ0v) is 8.13. The van der Waals surface area contributed by atoms with Crippen LogP contribution in [-0.4, -0.2) is 15.6 Å². The minimum Gasteiger partial charge on any atom is -0.420 e. The molecule has 0 saturated carbocycles. The summed E-state index contributed by atoms with van der Waals surface area (Å²) in [5.74, 6) is 0. The van der Waals surface area contributed by atoms with Gasteiger partial charge in [-0.05, 0) is 18.5 Å². The number of hydrogen-bond donors (Lipinski definition) is 0. The summed E-state index contributed by atoms with van der Waals surface area (Å²) in [4.78, 5) is 0. The predicted molar refractivity (Wildman–Crippen MR) is 44.4 cm³/mol. The molecule has 0 bridgehead atoms. The highest BCUT2D eigenvalue weighted by molar-refractivity contribution is 6.51. The number of rotatable bonds is 4. The van der Waals surface area contributed by atoms with Gasteiger partial charge in [0.1, 0.15) is 0 Å². The Kier molecular flexibility index (Phi) is 5.10. The Hall–Kier alpha value is 0.177. The fourth-order valence-electron chi connectivity index (χ4n) is 0.496. The number of hydrogen-bond acceptors (Lipinski definition) is 1. The smallest absolute Gasteiger partial charge is 0.176 e. The second kappa shape index (κ2) is 5.00. The maximum Gasteiger partial charge on any atom is 0.176 e. The molecular formula is C7H18OSi. The van der Waals surface area contributed by atoms with Crippen LogP contribution >= 0.6 is 0 Å². The van der Waals surface area contributed by atoms with Gasteiger partial charge in [-0.15, -0.1) is 0 Å². The molecule has 0 radical (unpaired) electrons. The maximum atomic E-state index is 5.59. The fourth-order valence-corrected chi connectivity index (χ4v) is 1.49. The Labute approximate surface area is 60.1 Å². The first kappa shape index (κ1) is 9.18. The summed E-state index contributed by atoms with van der Waals surface area (Å²) >= 11 is 0. The van der Waals surface area contributed by atoms with Gasteiger partial charge in [0.05, 0.1) is 0 Å². The van der Waals surface area contributed by atoms with Crippen LogP contribution in [0.2, 0.25) is 12.1 Å². The van der Waals surface area contributed by atoms with E-state index in [1.807, 2.05) is 0 Å². The van der Waals surface area contributed by atoms with Crippen molar-refractivity contribution in [2.24, 2.45) is 0 Å². The third kappa shape index (κ3) is 4.67. The molecule has 0 saturated heterocycles. The molecular weight excluding hydrogens is 128 g/mol. The Bertz CT molecular complexity index is 63.9. The molecule has 56 valence electrons. The molecule has 0 spiro atoms. The van der Waals surface area contributed by atoms with E-state index >= 15 is 0 Å².